The van der Waals surface area contributed by atoms with Crippen LogP contribution in [0.3, 0.4) is 0 Å². The zero-order valence-electron chi connectivity index (χ0n) is 11.1. The third kappa shape index (κ3) is 4.28. The first kappa shape index (κ1) is 14.5. The Morgan fingerprint density at radius 1 is 1.41 bits per heavy atom. The number of carbonyl (C=O) groups is 1. The van der Waals surface area contributed by atoms with E-state index in [1.165, 1.54) is 12.8 Å². The van der Waals surface area contributed by atoms with Crippen molar-refractivity contribution in [1.82, 2.24) is 5.32 Å². The lowest BCUT2D eigenvalue weighted by Gasteiger charge is -2.24. The average Bonchev–Trinajstić information content (AvgIpc) is 2.76. The highest BCUT2D eigenvalue weighted by Gasteiger charge is 2.30. The molecule has 0 aromatic carbocycles. The quantitative estimate of drug-likeness (QED) is 0.718. The van der Waals surface area contributed by atoms with E-state index in [1.54, 1.807) is 0 Å². The number of carboxylic acids is 1. The van der Waals surface area contributed by atoms with Crippen molar-refractivity contribution < 1.29 is 14.6 Å². The fraction of sp³-hybridized carbons (Fsp3) is 0.923. The Balaban J connectivity index is 2.25. The van der Waals surface area contributed by atoms with Gasteiger partial charge in [0.2, 0.25) is 0 Å². The molecular formula is C13H25NO3. The zero-order chi connectivity index (χ0) is 12.8. The molecule has 4 heteroatoms. The Morgan fingerprint density at radius 3 is 2.53 bits per heavy atom. The topological polar surface area (TPSA) is 58.6 Å². The Morgan fingerprint density at radius 2 is 2.06 bits per heavy atom. The van der Waals surface area contributed by atoms with Crippen LogP contribution in [0.15, 0.2) is 0 Å². The van der Waals surface area contributed by atoms with Crippen LogP contribution >= 0.6 is 0 Å². The van der Waals surface area contributed by atoms with Crippen molar-refractivity contribution in [2.24, 2.45) is 5.92 Å². The van der Waals surface area contributed by atoms with E-state index < -0.39 is 12.1 Å². The van der Waals surface area contributed by atoms with E-state index >= 15 is 0 Å². The minimum absolute atomic E-state index is 0.0629. The van der Waals surface area contributed by atoms with Crippen LogP contribution in [0.5, 0.6) is 0 Å². The highest BCUT2D eigenvalue weighted by molar-refractivity contribution is 5.72. The second-order valence-corrected chi connectivity index (χ2v) is 4.94. The molecule has 1 aliphatic heterocycles. The van der Waals surface area contributed by atoms with Gasteiger partial charge in [-0.05, 0) is 25.7 Å². The van der Waals surface area contributed by atoms with Gasteiger partial charge < -0.3 is 15.2 Å². The molecule has 1 heterocycles. The van der Waals surface area contributed by atoms with Crippen molar-refractivity contribution in [3.8, 4) is 0 Å². The average molecular weight is 243 g/mol. The lowest BCUT2D eigenvalue weighted by Crippen LogP contribution is -2.38. The van der Waals surface area contributed by atoms with Gasteiger partial charge in [0.15, 0.2) is 6.10 Å². The molecule has 4 nitrogen and oxygen atoms in total. The summed E-state index contributed by atoms with van der Waals surface area (Å²) < 4.78 is 5.46. The second kappa shape index (κ2) is 6.97. The molecule has 1 fully saturated rings. The molecule has 0 amide bonds. The second-order valence-electron chi connectivity index (χ2n) is 4.94. The smallest absolute Gasteiger partial charge is 0.332 e. The molecule has 17 heavy (non-hydrogen) atoms. The van der Waals surface area contributed by atoms with Gasteiger partial charge in [-0.3, -0.25) is 0 Å². The van der Waals surface area contributed by atoms with Crippen LogP contribution in [0.4, 0.5) is 0 Å². The third-order valence-electron chi connectivity index (χ3n) is 3.81. The number of rotatable bonds is 7. The number of ether oxygens (including phenoxy) is 1. The number of hydrogen-bond acceptors (Lipinski definition) is 3. The molecule has 0 radical (unpaired) electrons. The SMILES string of the molecule is CCC(CC)C(C)NCC1CCC(C(=O)O)O1. The highest BCUT2D eigenvalue weighted by atomic mass is 16.5. The van der Waals surface area contributed by atoms with Gasteiger partial charge in [-0.2, -0.15) is 0 Å². The summed E-state index contributed by atoms with van der Waals surface area (Å²) in [5.74, 6) is -0.146. The van der Waals surface area contributed by atoms with E-state index in [1.807, 2.05) is 0 Å². The number of hydrogen-bond donors (Lipinski definition) is 2. The van der Waals surface area contributed by atoms with Crippen LogP contribution in [0, 0.1) is 5.92 Å². The summed E-state index contributed by atoms with van der Waals surface area (Å²) in [6.45, 7) is 7.38. The molecule has 0 bridgehead atoms. The molecule has 0 saturated carbocycles. The number of nitrogens with one attached hydrogen (secondary N) is 1. The van der Waals surface area contributed by atoms with E-state index in [-0.39, 0.29) is 6.10 Å². The summed E-state index contributed by atoms with van der Waals surface area (Å²) in [5.41, 5.74) is 0. The summed E-state index contributed by atoms with van der Waals surface area (Å²) in [6.07, 6.45) is 3.31. The molecule has 2 N–H and O–H groups in total. The predicted octanol–water partition coefficient (Wildman–Crippen LogP) is 2.03. The first-order valence-corrected chi connectivity index (χ1v) is 6.70. The number of carboxylic acid groups (broad SMARTS) is 1. The lowest BCUT2D eigenvalue weighted by atomic mass is 9.95. The maximum atomic E-state index is 10.7. The van der Waals surface area contributed by atoms with E-state index in [9.17, 15) is 4.79 Å². The molecular weight excluding hydrogens is 218 g/mol. The first-order chi connectivity index (χ1) is 8.08. The van der Waals surface area contributed by atoms with E-state index in [0.29, 0.717) is 18.4 Å². The molecule has 3 unspecified atom stereocenters. The van der Waals surface area contributed by atoms with E-state index in [0.717, 1.165) is 13.0 Å². The summed E-state index contributed by atoms with van der Waals surface area (Å²) in [5, 5.41) is 12.3. The standard InChI is InChI=1S/C13H25NO3/c1-4-10(5-2)9(3)14-8-11-6-7-12(17-11)13(15)16/h9-12,14H,4-8H2,1-3H3,(H,15,16). The Hall–Kier alpha value is -0.610. The Bertz CT molecular complexity index is 241. The fourth-order valence-corrected chi connectivity index (χ4v) is 2.52. The molecule has 0 aromatic rings. The number of aliphatic carboxylic acids is 1. The van der Waals surface area contributed by atoms with Crippen LogP contribution in [-0.4, -0.2) is 35.9 Å². The van der Waals surface area contributed by atoms with Crippen LogP contribution in [0.25, 0.3) is 0 Å². The third-order valence-corrected chi connectivity index (χ3v) is 3.81. The molecule has 0 aromatic heterocycles. The highest BCUT2D eigenvalue weighted by Crippen LogP contribution is 2.20. The van der Waals surface area contributed by atoms with Gasteiger partial charge in [-0.1, -0.05) is 26.7 Å². The molecule has 0 spiro atoms. The van der Waals surface area contributed by atoms with Gasteiger partial charge in [0.1, 0.15) is 0 Å². The maximum Gasteiger partial charge on any atom is 0.332 e. The normalized spacial score (nSPS) is 26.4. The minimum Gasteiger partial charge on any atom is -0.479 e. The zero-order valence-corrected chi connectivity index (χ0v) is 11.1. The molecule has 3 atom stereocenters. The minimum atomic E-state index is -0.833. The molecule has 100 valence electrons. The largest absolute Gasteiger partial charge is 0.479 e. The van der Waals surface area contributed by atoms with E-state index in [4.69, 9.17) is 9.84 Å². The monoisotopic (exact) mass is 243 g/mol. The molecule has 1 saturated heterocycles. The predicted molar refractivity (Wildman–Crippen MR) is 67.1 cm³/mol. The molecule has 0 aliphatic carbocycles. The first-order valence-electron chi connectivity index (χ1n) is 6.70. The van der Waals surface area contributed by atoms with Crippen molar-refractivity contribution in [2.45, 2.75) is 64.7 Å². The van der Waals surface area contributed by atoms with Crippen molar-refractivity contribution >= 4 is 5.97 Å². The van der Waals surface area contributed by atoms with E-state index in [2.05, 4.69) is 26.1 Å². The molecule has 1 rings (SSSR count). The van der Waals surface area contributed by atoms with Crippen molar-refractivity contribution in [2.75, 3.05) is 6.54 Å². The van der Waals surface area contributed by atoms with Crippen molar-refractivity contribution in [3.05, 3.63) is 0 Å². The summed E-state index contributed by atoms with van der Waals surface area (Å²) in [4.78, 5) is 10.7. The van der Waals surface area contributed by atoms with Gasteiger partial charge in [-0.25, -0.2) is 4.79 Å². The summed E-state index contributed by atoms with van der Waals surface area (Å²) in [6, 6.07) is 0.470. The fourth-order valence-electron chi connectivity index (χ4n) is 2.52. The van der Waals surface area contributed by atoms with Crippen LogP contribution in [0.2, 0.25) is 0 Å². The van der Waals surface area contributed by atoms with Crippen molar-refractivity contribution in [3.63, 3.8) is 0 Å². The summed E-state index contributed by atoms with van der Waals surface area (Å²) in [7, 11) is 0. The van der Waals surface area contributed by atoms with Crippen LogP contribution in [-0.2, 0) is 9.53 Å². The Labute approximate surface area is 104 Å². The maximum absolute atomic E-state index is 10.7. The summed E-state index contributed by atoms with van der Waals surface area (Å²) >= 11 is 0. The van der Waals surface area contributed by atoms with Crippen LogP contribution < -0.4 is 5.32 Å². The van der Waals surface area contributed by atoms with Crippen LogP contribution in [0.1, 0.15) is 46.5 Å². The van der Waals surface area contributed by atoms with Gasteiger partial charge in [0.05, 0.1) is 6.10 Å². The lowest BCUT2D eigenvalue weighted by molar-refractivity contribution is -0.149. The van der Waals surface area contributed by atoms with Gasteiger partial charge in [0.25, 0.3) is 0 Å². The van der Waals surface area contributed by atoms with Gasteiger partial charge in [-0.15, -0.1) is 0 Å². The molecule has 1 aliphatic rings. The van der Waals surface area contributed by atoms with Gasteiger partial charge in [0, 0.05) is 12.6 Å². The van der Waals surface area contributed by atoms with Gasteiger partial charge >= 0.3 is 5.97 Å². The van der Waals surface area contributed by atoms with Crippen molar-refractivity contribution in [1.29, 1.82) is 0 Å². The Kier molecular flexibility index (Phi) is 5.92.